The number of pyridine rings is 3. The minimum absolute atomic E-state index is 0.000704. The molecule has 0 aromatic carbocycles. The number of hydrogen-bond donors (Lipinski definition) is 2. The first-order chi connectivity index (χ1) is 17.5. The lowest BCUT2D eigenvalue weighted by molar-refractivity contribution is -0.123. The molecule has 14 heteroatoms. The highest BCUT2D eigenvalue weighted by molar-refractivity contribution is 5.98. The van der Waals surface area contributed by atoms with Gasteiger partial charge in [0, 0.05) is 12.1 Å². The zero-order valence-corrected chi connectivity index (χ0v) is 19.4. The van der Waals surface area contributed by atoms with E-state index in [0.717, 1.165) is 28.3 Å². The Labute approximate surface area is 207 Å². The Kier molecular flexibility index (Phi) is 7.03. The molecule has 4 heterocycles. The van der Waals surface area contributed by atoms with Crippen molar-refractivity contribution >= 4 is 17.6 Å². The number of hydrogen-bond acceptors (Lipinski definition) is 6. The zero-order valence-electron chi connectivity index (χ0n) is 19.4. The van der Waals surface area contributed by atoms with Crippen molar-refractivity contribution in [3.05, 3.63) is 83.0 Å². The van der Waals surface area contributed by atoms with Gasteiger partial charge in [0.15, 0.2) is 6.17 Å². The Balaban J connectivity index is 1.74. The third-order valence-electron chi connectivity index (χ3n) is 5.80. The molecule has 9 nitrogen and oxygen atoms in total. The van der Waals surface area contributed by atoms with Crippen molar-refractivity contribution in [3.63, 3.8) is 0 Å². The fourth-order valence-electron chi connectivity index (χ4n) is 4.09. The Morgan fingerprint density at radius 2 is 1.59 bits per heavy atom. The van der Waals surface area contributed by atoms with E-state index in [2.05, 4.69) is 20.3 Å². The molecule has 37 heavy (non-hydrogen) atoms. The number of rotatable bonds is 7. The molecule has 3 atom stereocenters. The van der Waals surface area contributed by atoms with Gasteiger partial charge in [-0.25, -0.2) is 27.3 Å². The molecule has 3 aromatic rings. The van der Waals surface area contributed by atoms with Gasteiger partial charge in [0.2, 0.25) is 5.95 Å². The number of halogens is 5. The van der Waals surface area contributed by atoms with Crippen LogP contribution in [0.25, 0.3) is 0 Å². The van der Waals surface area contributed by atoms with E-state index in [9.17, 15) is 31.5 Å². The second-order valence-electron chi connectivity index (χ2n) is 8.29. The summed E-state index contributed by atoms with van der Waals surface area (Å²) in [7, 11) is 0. The summed E-state index contributed by atoms with van der Waals surface area (Å²) in [6, 6.07) is 0.341. The van der Waals surface area contributed by atoms with Crippen LogP contribution in [0.4, 0.5) is 32.4 Å². The van der Waals surface area contributed by atoms with Gasteiger partial charge < -0.3 is 5.73 Å². The lowest BCUT2D eigenvalue weighted by Gasteiger charge is -2.42. The fourth-order valence-corrected chi connectivity index (χ4v) is 4.09. The lowest BCUT2D eigenvalue weighted by atomic mass is 10.1. The Hall–Kier alpha value is -4.20. The fraction of sp³-hybridized carbons (Fsp3) is 0.261. The monoisotopic (exact) mass is 521 g/mol. The highest BCUT2D eigenvalue weighted by Crippen LogP contribution is 2.35. The van der Waals surface area contributed by atoms with Gasteiger partial charge in [-0.3, -0.25) is 29.9 Å². The average Bonchev–Trinajstić information content (AvgIpc) is 2.81. The third kappa shape index (κ3) is 5.05. The van der Waals surface area contributed by atoms with Gasteiger partial charge in [-0.1, -0.05) is 0 Å². The van der Waals surface area contributed by atoms with Gasteiger partial charge in [-0.15, -0.1) is 0 Å². The number of fused-ring (bicyclic) bond motifs is 1. The van der Waals surface area contributed by atoms with Crippen molar-refractivity contribution in [2.75, 3.05) is 4.90 Å². The number of urea groups is 1. The van der Waals surface area contributed by atoms with Crippen LogP contribution in [0, 0.1) is 29.2 Å². The first-order valence-corrected chi connectivity index (χ1v) is 10.9. The number of primary amides is 1. The highest BCUT2D eigenvalue weighted by Gasteiger charge is 2.41. The lowest BCUT2D eigenvalue weighted by Crippen LogP contribution is -2.61. The number of carbonyl (C=O) groups is 2. The standard InChI is InChI=1S/C23H20F5N7O2/c1-10(19-14(26)5-12(24)7-30-19)32-22(21(29)36)34-9-16-17(3-4-18(28)33-16)35(23(34)37)11(2)20-15(27)6-13(25)8-31-20/h3-8,10-11,22,32H,9H2,1-2H3,(H2,29,36). The molecule has 0 radical (unpaired) electrons. The maximum Gasteiger partial charge on any atom is 0.327 e. The molecule has 194 valence electrons. The van der Waals surface area contributed by atoms with Crippen LogP contribution >= 0.6 is 0 Å². The smallest absolute Gasteiger partial charge is 0.327 e. The van der Waals surface area contributed by atoms with Crippen molar-refractivity contribution in [1.82, 2.24) is 25.2 Å². The predicted molar refractivity (Wildman–Crippen MR) is 119 cm³/mol. The van der Waals surface area contributed by atoms with E-state index in [1.165, 1.54) is 19.9 Å². The van der Waals surface area contributed by atoms with Crippen LogP contribution in [-0.4, -0.2) is 38.0 Å². The van der Waals surface area contributed by atoms with Gasteiger partial charge in [-0.2, -0.15) is 4.39 Å². The molecule has 0 spiro atoms. The topological polar surface area (TPSA) is 117 Å². The van der Waals surface area contributed by atoms with Crippen LogP contribution in [0.3, 0.4) is 0 Å². The molecule has 0 bridgehead atoms. The maximum atomic E-state index is 14.5. The van der Waals surface area contributed by atoms with Crippen LogP contribution in [-0.2, 0) is 11.3 Å². The SMILES string of the molecule is CC(NC(C(N)=O)N1Cc2nc(F)ccc2N(C(C)c2ncc(F)cc2F)C1=O)c1ncc(F)cc1F. The highest BCUT2D eigenvalue weighted by atomic mass is 19.1. The largest absolute Gasteiger partial charge is 0.367 e. The minimum Gasteiger partial charge on any atom is -0.367 e. The molecule has 3 amide bonds. The van der Waals surface area contributed by atoms with Gasteiger partial charge >= 0.3 is 6.03 Å². The van der Waals surface area contributed by atoms with E-state index in [1.54, 1.807) is 0 Å². The van der Waals surface area contributed by atoms with Gasteiger partial charge in [0.05, 0.1) is 53.8 Å². The van der Waals surface area contributed by atoms with E-state index >= 15 is 0 Å². The minimum atomic E-state index is -1.60. The van der Waals surface area contributed by atoms with E-state index in [1.807, 2.05) is 0 Å². The van der Waals surface area contributed by atoms with Crippen molar-refractivity contribution in [2.45, 2.75) is 38.6 Å². The van der Waals surface area contributed by atoms with E-state index in [0.29, 0.717) is 12.1 Å². The van der Waals surface area contributed by atoms with Gasteiger partial charge in [-0.05, 0) is 26.0 Å². The number of nitrogens with two attached hydrogens (primary N) is 1. The summed E-state index contributed by atoms with van der Waals surface area (Å²) in [6.07, 6.45) is -0.0592. The van der Waals surface area contributed by atoms with Crippen LogP contribution in [0.2, 0.25) is 0 Å². The average molecular weight is 521 g/mol. The molecule has 0 aliphatic carbocycles. The van der Waals surface area contributed by atoms with Crippen molar-refractivity contribution in [1.29, 1.82) is 0 Å². The molecule has 3 unspecified atom stereocenters. The Morgan fingerprint density at radius 1 is 1.00 bits per heavy atom. The van der Waals surface area contributed by atoms with Crippen LogP contribution < -0.4 is 16.0 Å². The normalized spacial score (nSPS) is 15.8. The number of nitrogens with one attached hydrogen (secondary N) is 1. The molecule has 3 aromatic heterocycles. The molecule has 4 rings (SSSR count). The summed E-state index contributed by atoms with van der Waals surface area (Å²) in [5.41, 5.74) is 5.08. The van der Waals surface area contributed by atoms with Crippen molar-refractivity contribution < 1.29 is 31.5 Å². The van der Waals surface area contributed by atoms with E-state index in [4.69, 9.17) is 5.73 Å². The number of nitrogens with zero attached hydrogens (tertiary/aromatic N) is 5. The first kappa shape index (κ1) is 25.9. The summed E-state index contributed by atoms with van der Waals surface area (Å²) in [4.78, 5) is 39.2. The molecule has 3 N–H and O–H groups in total. The van der Waals surface area contributed by atoms with E-state index in [-0.39, 0.29) is 22.8 Å². The quantitative estimate of drug-likeness (QED) is 0.364. The molecule has 0 saturated heterocycles. The van der Waals surface area contributed by atoms with Crippen molar-refractivity contribution in [3.8, 4) is 0 Å². The van der Waals surface area contributed by atoms with Crippen molar-refractivity contribution in [2.24, 2.45) is 5.73 Å². The number of anilines is 1. The second-order valence-corrected chi connectivity index (χ2v) is 8.29. The number of amides is 3. The molecular formula is C23H20F5N7O2. The maximum absolute atomic E-state index is 14.5. The van der Waals surface area contributed by atoms with Gasteiger partial charge in [0.25, 0.3) is 5.91 Å². The number of aromatic nitrogens is 3. The summed E-state index contributed by atoms with van der Waals surface area (Å²) < 4.78 is 69.5. The molecule has 1 aliphatic rings. The summed E-state index contributed by atoms with van der Waals surface area (Å²) in [5, 5.41) is 2.67. The number of carbonyl (C=O) groups excluding carboxylic acids is 2. The third-order valence-corrected chi connectivity index (χ3v) is 5.80. The van der Waals surface area contributed by atoms with Gasteiger partial charge in [0.1, 0.15) is 23.3 Å². The van der Waals surface area contributed by atoms with Crippen LogP contribution in [0.5, 0.6) is 0 Å². The molecule has 1 aliphatic heterocycles. The molecular weight excluding hydrogens is 501 g/mol. The summed E-state index contributed by atoms with van der Waals surface area (Å²) in [6.45, 7) is 2.39. The Bertz CT molecular complexity index is 1380. The Morgan fingerprint density at radius 3 is 2.16 bits per heavy atom. The zero-order chi connectivity index (χ0) is 27.0. The van der Waals surface area contributed by atoms with E-state index < -0.39 is 65.9 Å². The second kappa shape index (κ2) is 10.0. The first-order valence-electron chi connectivity index (χ1n) is 10.9. The summed E-state index contributed by atoms with van der Waals surface area (Å²) in [5.74, 6) is -5.84. The van der Waals surface area contributed by atoms with Crippen LogP contribution in [0.15, 0.2) is 36.7 Å². The van der Waals surface area contributed by atoms with Crippen LogP contribution in [0.1, 0.15) is 43.0 Å². The molecule has 0 saturated carbocycles. The summed E-state index contributed by atoms with van der Waals surface area (Å²) >= 11 is 0. The predicted octanol–water partition coefficient (Wildman–Crippen LogP) is 3.23. The molecule has 0 fully saturated rings.